The lowest BCUT2D eigenvalue weighted by Gasteiger charge is -2.16. The molecule has 17 heavy (non-hydrogen) atoms. The van der Waals surface area contributed by atoms with Crippen LogP contribution in [0.15, 0.2) is 41.3 Å². The summed E-state index contributed by atoms with van der Waals surface area (Å²) in [5.74, 6) is 0. The number of rotatable bonds is 2. The van der Waals surface area contributed by atoms with Crippen LogP contribution in [0.5, 0.6) is 0 Å². The molecule has 0 amide bonds. The number of hydrogen-bond donors (Lipinski definition) is 0. The highest BCUT2D eigenvalue weighted by atomic mass is 35.7. The van der Waals surface area contributed by atoms with Crippen molar-refractivity contribution in [3.63, 3.8) is 0 Å². The highest BCUT2D eigenvalue weighted by Gasteiger charge is 2.16. The van der Waals surface area contributed by atoms with Gasteiger partial charge in [0.2, 0.25) is 0 Å². The standard InChI is InChI=1S/C12H12ClNO2S/c1-14(2)11-7-8-12(17(13,15)16)10-6-4-3-5-9(10)11/h3-8H,1-2H3. The molecule has 0 aliphatic carbocycles. The second kappa shape index (κ2) is 4.20. The van der Waals surface area contributed by atoms with Gasteiger partial charge >= 0.3 is 0 Å². The summed E-state index contributed by atoms with van der Waals surface area (Å²) in [6.45, 7) is 0. The van der Waals surface area contributed by atoms with Crippen LogP contribution in [0.1, 0.15) is 0 Å². The Morgan fingerprint density at radius 2 is 1.59 bits per heavy atom. The zero-order chi connectivity index (χ0) is 12.6. The van der Waals surface area contributed by atoms with Crippen molar-refractivity contribution in [1.82, 2.24) is 0 Å². The zero-order valence-electron chi connectivity index (χ0n) is 9.51. The fraction of sp³-hybridized carbons (Fsp3) is 0.167. The fourth-order valence-corrected chi connectivity index (χ4v) is 2.93. The summed E-state index contributed by atoms with van der Waals surface area (Å²) in [5, 5.41) is 1.52. The molecule has 0 bridgehead atoms. The molecule has 2 aromatic rings. The van der Waals surface area contributed by atoms with E-state index < -0.39 is 9.05 Å². The Balaban J connectivity index is 2.90. The van der Waals surface area contributed by atoms with Crippen LogP contribution in [0.3, 0.4) is 0 Å². The minimum Gasteiger partial charge on any atom is -0.377 e. The lowest BCUT2D eigenvalue weighted by atomic mass is 10.1. The summed E-state index contributed by atoms with van der Waals surface area (Å²) in [6.07, 6.45) is 0. The van der Waals surface area contributed by atoms with Crippen LogP contribution in [0, 0.1) is 0 Å². The minimum atomic E-state index is -3.72. The lowest BCUT2D eigenvalue weighted by molar-refractivity contribution is 0.610. The van der Waals surface area contributed by atoms with E-state index in [0.717, 1.165) is 11.1 Å². The molecular weight excluding hydrogens is 258 g/mol. The van der Waals surface area contributed by atoms with Gasteiger partial charge in [-0.05, 0) is 12.1 Å². The number of nitrogens with zero attached hydrogens (tertiary/aromatic N) is 1. The first-order valence-corrected chi connectivity index (χ1v) is 7.36. The monoisotopic (exact) mass is 269 g/mol. The third-order valence-electron chi connectivity index (χ3n) is 2.61. The number of fused-ring (bicyclic) bond motifs is 1. The molecule has 0 saturated heterocycles. The number of benzene rings is 2. The molecule has 0 radical (unpaired) electrons. The average Bonchev–Trinajstić information content (AvgIpc) is 2.26. The highest BCUT2D eigenvalue weighted by molar-refractivity contribution is 8.14. The van der Waals surface area contributed by atoms with E-state index in [-0.39, 0.29) is 4.90 Å². The van der Waals surface area contributed by atoms with Crippen LogP contribution in [0.4, 0.5) is 5.69 Å². The maximum atomic E-state index is 11.5. The molecule has 5 heteroatoms. The van der Waals surface area contributed by atoms with Gasteiger partial charge in [0.25, 0.3) is 9.05 Å². The molecule has 90 valence electrons. The molecule has 0 N–H and O–H groups in total. The molecule has 2 rings (SSSR count). The van der Waals surface area contributed by atoms with Gasteiger partial charge in [-0.2, -0.15) is 0 Å². The van der Waals surface area contributed by atoms with Crippen molar-refractivity contribution in [1.29, 1.82) is 0 Å². The van der Waals surface area contributed by atoms with Crippen molar-refractivity contribution in [2.24, 2.45) is 0 Å². The number of hydrogen-bond acceptors (Lipinski definition) is 3. The van der Waals surface area contributed by atoms with Gasteiger partial charge in [0.05, 0.1) is 4.90 Å². The molecule has 0 heterocycles. The molecule has 0 fully saturated rings. The van der Waals surface area contributed by atoms with Crippen molar-refractivity contribution in [3.05, 3.63) is 36.4 Å². The van der Waals surface area contributed by atoms with Gasteiger partial charge in [-0.3, -0.25) is 0 Å². The SMILES string of the molecule is CN(C)c1ccc(S(=O)(=O)Cl)c2ccccc12. The Morgan fingerprint density at radius 1 is 1.00 bits per heavy atom. The Bertz CT molecular complexity index is 665. The summed E-state index contributed by atoms with van der Waals surface area (Å²) < 4.78 is 23.0. The Hall–Kier alpha value is -1.26. The van der Waals surface area contributed by atoms with Gasteiger partial charge in [0, 0.05) is 41.2 Å². The Labute approximate surface area is 105 Å². The molecule has 0 atom stereocenters. The first kappa shape index (κ1) is 12.2. The minimum absolute atomic E-state index is 0.153. The van der Waals surface area contributed by atoms with E-state index in [1.54, 1.807) is 24.3 Å². The Morgan fingerprint density at radius 3 is 2.12 bits per heavy atom. The van der Waals surface area contributed by atoms with E-state index in [1.807, 2.05) is 31.1 Å². The second-order valence-electron chi connectivity index (χ2n) is 3.96. The van der Waals surface area contributed by atoms with Gasteiger partial charge in [-0.1, -0.05) is 24.3 Å². The van der Waals surface area contributed by atoms with Crippen molar-refractivity contribution < 1.29 is 8.42 Å². The molecule has 0 unspecified atom stereocenters. The molecular formula is C12H12ClNO2S. The van der Waals surface area contributed by atoms with Crippen molar-refractivity contribution in [2.75, 3.05) is 19.0 Å². The van der Waals surface area contributed by atoms with Gasteiger partial charge in [-0.25, -0.2) is 8.42 Å². The maximum absolute atomic E-state index is 11.5. The van der Waals surface area contributed by atoms with E-state index in [2.05, 4.69) is 0 Å². The van der Waals surface area contributed by atoms with Gasteiger partial charge in [0.1, 0.15) is 0 Å². The number of anilines is 1. The van der Waals surface area contributed by atoms with Crippen molar-refractivity contribution >= 4 is 36.2 Å². The van der Waals surface area contributed by atoms with Gasteiger partial charge in [0.15, 0.2) is 0 Å². The Kier molecular flexibility index (Phi) is 3.02. The molecule has 0 aromatic heterocycles. The smallest absolute Gasteiger partial charge is 0.261 e. The predicted octanol–water partition coefficient (Wildman–Crippen LogP) is 2.83. The van der Waals surface area contributed by atoms with E-state index >= 15 is 0 Å². The van der Waals surface area contributed by atoms with E-state index in [1.165, 1.54) is 0 Å². The van der Waals surface area contributed by atoms with Gasteiger partial charge in [-0.15, -0.1) is 0 Å². The molecule has 3 nitrogen and oxygen atoms in total. The largest absolute Gasteiger partial charge is 0.377 e. The highest BCUT2D eigenvalue weighted by Crippen LogP contribution is 2.32. The maximum Gasteiger partial charge on any atom is 0.261 e. The summed E-state index contributed by atoms with van der Waals surface area (Å²) in [4.78, 5) is 2.09. The van der Waals surface area contributed by atoms with E-state index in [0.29, 0.717) is 5.39 Å². The first-order valence-electron chi connectivity index (χ1n) is 5.05. The average molecular weight is 270 g/mol. The predicted molar refractivity (Wildman–Crippen MR) is 71.3 cm³/mol. The van der Waals surface area contributed by atoms with Crippen LogP contribution in [-0.2, 0) is 9.05 Å². The molecule has 0 saturated carbocycles. The topological polar surface area (TPSA) is 37.4 Å². The number of halogens is 1. The quantitative estimate of drug-likeness (QED) is 0.787. The zero-order valence-corrected chi connectivity index (χ0v) is 11.1. The second-order valence-corrected chi connectivity index (χ2v) is 6.50. The first-order chi connectivity index (χ1) is 7.91. The van der Waals surface area contributed by atoms with Crippen molar-refractivity contribution in [2.45, 2.75) is 4.90 Å². The summed E-state index contributed by atoms with van der Waals surface area (Å²) >= 11 is 0. The molecule has 2 aromatic carbocycles. The van der Waals surface area contributed by atoms with Crippen LogP contribution >= 0.6 is 10.7 Å². The van der Waals surface area contributed by atoms with E-state index in [4.69, 9.17) is 10.7 Å². The van der Waals surface area contributed by atoms with Crippen LogP contribution in [-0.4, -0.2) is 22.5 Å². The van der Waals surface area contributed by atoms with Crippen LogP contribution in [0.2, 0.25) is 0 Å². The van der Waals surface area contributed by atoms with Crippen molar-refractivity contribution in [3.8, 4) is 0 Å². The third-order valence-corrected chi connectivity index (χ3v) is 3.99. The summed E-state index contributed by atoms with van der Waals surface area (Å²) in [6, 6.07) is 10.6. The fourth-order valence-electron chi connectivity index (χ4n) is 1.86. The molecule has 0 aliphatic rings. The van der Waals surface area contributed by atoms with E-state index in [9.17, 15) is 8.42 Å². The third kappa shape index (κ3) is 2.23. The summed E-state index contributed by atoms with van der Waals surface area (Å²) in [7, 11) is 5.54. The lowest BCUT2D eigenvalue weighted by Crippen LogP contribution is -2.09. The normalized spacial score (nSPS) is 11.7. The molecule has 0 spiro atoms. The summed E-state index contributed by atoms with van der Waals surface area (Å²) in [5.41, 5.74) is 0.963. The van der Waals surface area contributed by atoms with Crippen LogP contribution in [0.25, 0.3) is 10.8 Å². The molecule has 0 aliphatic heterocycles. The van der Waals surface area contributed by atoms with Crippen LogP contribution < -0.4 is 4.90 Å². The van der Waals surface area contributed by atoms with Gasteiger partial charge < -0.3 is 4.90 Å².